The normalized spacial score (nSPS) is 20.4. The molecule has 262 valence electrons. The van der Waals surface area contributed by atoms with Gasteiger partial charge in [0.2, 0.25) is 6.29 Å². The molecule has 5 aromatic rings. The van der Waals surface area contributed by atoms with E-state index in [-0.39, 0.29) is 18.6 Å². The summed E-state index contributed by atoms with van der Waals surface area (Å²) in [6.07, 6.45) is 10.9. The molecule has 5 aromatic carbocycles. The molecule has 4 heteroatoms. The lowest BCUT2D eigenvalue weighted by Crippen LogP contribution is -2.48. The summed E-state index contributed by atoms with van der Waals surface area (Å²) in [5.74, 6) is 1.74. The van der Waals surface area contributed by atoms with Crippen molar-refractivity contribution in [3.63, 3.8) is 0 Å². The van der Waals surface area contributed by atoms with Gasteiger partial charge in [-0.2, -0.15) is 4.89 Å². The van der Waals surface area contributed by atoms with E-state index in [0.29, 0.717) is 5.75 Å². The fraction of sp³-hybridized carbons (Fsp3) is 0.362. The van der Waals surface area contributed by atoms with Crippen LogP contribution in [0.15, 0.2) is 115 Å². The fourth-order valence-corrected chi connectivity index (χ4v) is 8.55. The minimum atomic E-state index is -0.668. The lowest BCUT2D eigenvalue weighted by Gasteiger charge is -2.39. The Morgan fingerprint density at radius 3 is 2.27 bits per heavy atom. The maximum Gasteiger partial charge on any atom is 0.212 e. The van der Waals surface area contributed by atoms with Crippen molar-refractivity contribution >= 4 is 0 Å². The molecule has 0 saturated heterocycles. The molecule has 4 atom stereocenters. The highest BCUT2D eigenvalue weighted by Crippen LogP contribution is 2.50. The second-order valence-electron chi connectivity index (χ2n) is 15.0. The highest BCUT2D eigenvalue weighted by atomic mass is 17.2. The summed E-state index contributed by atoms with van der Waals surface area (Å²) in [6.45, 7) is 4.68. The number of ether oxygens (including phenoxy) is 2. The van der Waals surface area contributed by atoms with Gasteiger partial charge in [-0.05, 0) is 121 Å². The largest absolute Gasteiger partial charge is 0.464 e. The predicted octanol–water partition coefficient (Wildman–Crippen LogP) is 11.1. The third kappa shape index (κ3) is 6.97. The van der Waals surface area contributed by atoms with Gasteiger partial charge in [0.1, 0.15) is 12.4 Å². The Kier molecular flexibility index (Phi) is 9.98. The first-order valence-corrected chi connectivity index (χ1v) is 19.2. The molecule has 0 bridgehead atoms. The van der Waals surface area contributed by atoms with Crippen molar-refractivity contribution in [1.29, 1.82) is 0 Å². The third-order valence-electron chi connectivity index (χ3n) is 11.5. The number of benzene rings is 5. The lowest BCUT2D eigenvalue weighted by molar-refractivity contribution is -0.247. The first-order chi connectivity index (χ1) is 25.1. The van der Waals surface area contributed by atoms with Gasteiger partial charge < -0.3 is 14.4 Å². The fourth-order valence-electron chi connectivity index (χ4n) is 8.55. The molecule has 1 heterocycles. The molecule has 0 aromatic heterocycles. The topological polar surface area (TPSA) is 36.9 Å². The molecule has 1 aliphatic heterocycles. The highest BCUT2D eigenvalue weighted by molar-refractivity contribution is 5.64. The Morgan fingerprint density at radius 2 is 1.47 bits per heavy atom. The van der Waals surface area contributed by atoms with E-state index in [1.54, 1.807) is 0 Å². The molecule has 0 radical (unpaired) electrons. The second kappa shape index (κ2) is 15.1. The van der Waals surface area contributed by atoms with Gasteiger partial charge in [-0.3, -0.25) is 0 Å². The van der Waals surface area contributed by atoms with E-state index in [0.717, 1.165) is 49.0 Å². The van der Waals surface area contributed by atoms with Gasteiger partial charge in [-0.25, -0.2) is 0 Å². The van der Waals surface area contributed by atoms with Crippen LogP contribution in [0.4, 0.5) is 0 Å². The van der Waals surface area contributed by atoms with Crippen LogP contribution in [0.1, 0.15) is 97.2 Å². The van der Waals surface area contributed by atoms with E-state index in [4.69, 9.17) is 19.2 Å². The van der Waals surface area contributed by atoms with Gasteiger partial charge in [-0.15, -0.1) is 0 Å². The van der Waals surface area contributed by atoms with Crippen molar-refractivity contribution in [2.24, 2.45) is 0 Å². The Hall–Kier alpha value is -4.38. The quantitative estimate of drug-likeness (QED) is 0.0791. The number of hydrogen-bond donors (Lipinski definition) is 0. The molecular weight excluding hydrogens is 629 g/mol. The van der Waals surface area contributed by atoms with Crippen LogP contribution in [0.5, 0.6) is 11.5 Å². The summed E-state index contributed by atoms with van der Waals surface area (Å²) in [6, 6.07) is 41.0. The number of fused-ring (bicyclic) bond motifs is 7. The number of unbranched alkanes of at least 4 members (excludes halogenated alkanes) is 2. The first kappa shape index (κ1) is 33.7. The van der Waals surface area contributed by atoms with Gasteiger partial charge in [0, 0.05) is 11.5 Å². The van der Waals surface area contributed by atoms with Crippen LogP contribution in [0.25, 0.3) is 11.1 Å². The molecule has 0 N–H and O–H groups in total. The van der Waals surface area contributed by atoms with Crippen LogP contribution in [0, 0.1) is 0 Å². The molecule has 0 amide bonds. The Morgan fingerprint density at radius 1 is 0.725 bits per heavy atom. The van der Waals surface area contributed by atoms with E-state index in [1.165, 1.54) is 71.0 Å². The van der Waals surface area contributed by atoms with Gasteiger partial charge in [0.15, 0.2) is 5.75 Å². The summed E-state index contributed by atoms with van der Waals surface area (Å²) in [5, 5.41) is 0. The van der Waals surface area contributed by atoms with E-state index >= 15 is 0 Å². The van der Waals surface area contributed by atoms with Crippen molar-refractivity contribution in [1.82, 2.24) is 0 Å². The minimum absolute atomic E-state index is 0.0125. The van der Waals surface area contributed by atoms with Crippen LogP contribution < -0.4 is 9.62 Å². The molecule has 3 aliphatic rings. The monoisotopic (exact) mass is 678 g/mol. The Bertz CT molecular complexity index is 1920. The highest BCUT2D eigenvalue weighted by Gasteiger charge is 2.47. The molecule has 2 aliphatic carbocycles. The number of aryl methyl sites for hydroxylation is 3. The Balaban J connectivity index is 1.05. The van der Waals surface area contributed by atoms with Crippen molar-refractivity contribution in [3.05, 3.63) is 154 Å². The zero-order valence-corrected chi connectivity index (χ0v) is 30.1. The van der Waals surface area contributed by atoms with E-state index < -0.39 is 11.7 Å². The molecule has 8 rings (SSSR count). The average molecular weight is 679 g/mol. The maximum atomic E-state index is 7.21. The SMILES string of the molecule is CCCCCc1ccc(-c2ccc(OOC[C@@](C)(c3ccccc3)C3Oc4ccc5c(c4[C@H]4c6ccccc6CCC4O3)CCCC5)cc2)cc1. The van der Waals surface area contributed by atoms with E-state index in [9.17, 15) is 0 Å². The first-order valence-electron chi connectivity index (χ1n) is 19.2. The van der Waals surface area contributed by atoms with Crippen molar-refractivity contribution < 1.29 is 19.2 Å². The molecular formula is C47H50O4. The molecule has 0 fully saturated rings. The average Bonchev–Trinajstić information content (AvgIpc) is 3.37. The second-order valence-corrected chi connectivity index (χ2v) is 15.0. The van der Waals surface area contributed by atoms with Crippen molar-refractivity contribution in [2.75, 3.05) is 6.61 Å². The maximum absolute atomic E-state index is 7.21. The molecule has 0 spiro atoms. The van der Waals surface area contributed by atoms with Crippen LogP contribution in [-0.4, -0.2) is 19.0 Å². The van der Waals surface area contributed by atoms with Gasteiger partial charge >= 0.3 is 0 Å². The van der Waals surface area contributed by atoms with E-state index in [2.05, 4.69) is 111 Å². The Labute approximate surface area is 303 Å². The molecule has 4 nitrogen and oxygen atoms in total. The van der Waals surface area contributed by atoms with Crippen molar-refractivity contribution in [3.8, 4) is 22.6 Å². The summed E-state index contributed by atoms with van der Waals surface area (Å²) < 4.78 is 14.3. The number of rotatable bonds is 11. The third-order valence-corrected chi connectivity index (χ3v) is 11.5. The molecule has 0 saturated carbocycles. The van der Waals surface area contributed by atoms with Crippen LogP contribution in [0.3, 0.4) is 0 Å². The smallest absolute Gasteiger partial charge is 0.212 e. The summed E-state index contributed by atoms with van der Waals surface area (Å²) >= 11 is 0. The predicted molar refractivity (Wildman–Crippen MR) is 204 cm³/mol. The molecule has 51 heavy (non-hydrogen) atoms. The van der Waals surface area contributed by atoms with E-state index in [1.807, 2.05) is 18.2 Å². The van der Waals surface area contributed by atoms with Crippen molar-refractivity contribution in [2.45, 2.75) is 102 Å². The minimum Gasteiger partial charge on any atom is -0.464 e. The van der Waals surface area contributed by atoms with Gasteiger partial charge in [0.25, 0.3) is 0 Å². The summed E-state index contributed by atoms with van der Waals surface area (Å²) in [5.41, 5.74) is 11.3. The zero-order chi connectivity index (χ0) is 34.6. The standard InChI is InChI=1S/C47H50O4/c1-3-4-6-13-33-20-22-34(23-21-33)35-24-28-39(29-25-35)51-48-32-47(2,38-16-7-5-8-17-38)46-49-42-30-26-36-14-9-11-18-40(36)44(42)45-41-19-12-10-15-37(41)27-31-43(45)50-46/h5,7-9,11,14,16-18,20-25,27-29,31,42,44,46H,3-4,6,10,12-13,15,19,26,30,32H2,1-2H3/t42?,44-,46?,47-/m0/s1. The zero-order valence-electron chi connectivity index (χ0n) is 30.1. The summed E-state index contributed by atoms with van der Waals surface area (Å²) in [7, 11) is 0. The van der Waals surface area contributed by atoms with Gasteiger partial charge in [-0.1, -0.05) is 117 Å². The van der Waals surface area contributed by atoms with Crippen LogP contribution in [-0.2, 0) is 40.7 Å². The molecule has 2 unspecified atom stereocenters. The summed E-state index contributed by atoms with van der Waals surface area (Å²) in [4.78, 5) is 12.1. The lowest BCUT2D eigenvalue weighted by atomic mass is 9.73. The van der Waals surface area contributed by atoms with Gasteiger partial charge in [0.05, 0.1) is 11.5 Å². The number of hydrogen-bond acceptors (Lipinski definition) is 4. The van der Waals surface area contributed by atoms with Crippen LogP contribution >= 0.6 is 0 Å². The van der Waals surface area contributed by atoms with Crippen LogP contribution in [0.2, 0.25) is 0 Å².